The number of amides is 1. The second-order valence-corrected chi connectivity index (χ2v) is 7.86. The topological polar surface area (TPSA) is 84.4 Å². The molecule has 1 aliphatic carbocycles. The van der Waals surface area contributed by atoms with Gasteiger partial charge in [-0.15, -0.1) is 4.72 Å². The molecule has 1 fully saturated rings. The number of rotatable bonds is 5. The number of carboxylic acid groups (broad SMARTS) is 1. The Bertz CT molecular complexity index is 348. The maximum absolute atomic E-state index is 12.1. The van der Waals surface area contributed by atoms with Crippen LogP contribution in [-0.2, 0) is 11.4 Å². The van der Waals surface area contributed by atoms with Crippen molar-refractivity contribution in [3.63, 3.8) is 0 Å². The Balaban J connectivity index is 2.79. The van der Waals surface area contributed by atoms with Crippen molar-refractivity contribution in [2.75, 3.05) is 0 Å². The van der Waals surface area contributed by atoms with Gasteiger partial charge in [0.1, 0.15) is 4.75 Å². The third-order valence-corrected chi connectivity index (χ3v) is 4.53. The molecule has 3 N–H and O–H groups in total. The van der Waals surface area contributed by atoms with E-state index in [1.807, 2.05) is 27.7 Å². The highest BCUT2D eigenvalue weighted by molar-refractivity contribution is 7.90. The zero-order valence-electron chi connectivity index (χ0n) is 11.4. The summed E-state index contributed by atoms with van der Waals surface area (Å²) in [6.07, 6.45) is 0.429. The van der Waals surface area contributed by atoms with Gasteiger partial charge in [0.15, 0.2) is 0 Å². The van der Waals surface area contributed by atoms with E-state index in [-0.39, 0.29) is 6.04 Å². The van der Waals surface area contributed by atoms with Gasteiger partial charge in [-0.2, -0.15) is 0 Å². The summed E-state index contributed by atoms with van der Waals surface area (Å²) in [5.41, 5.74) is 0.248. The van der Waals surface area contributed by atoms with Crippen molar-refractivity contribution < 1.29 is 14.5 Å². The van der Waals surface area contributed by atoms with Crippen LogP contribution in [0.15, 0.2) is 12.2 Å². The minimum absolute atomic E-state index is 0.298. The first-order valence-electron chi connectivity index (χ1n) is 5.93. The summed E-state index contributed by atoms with van der Waals surface area (Å²) >= 11 is -1.25. The molecule has 0 aromatic carbocycles. The molecule has 104 valence electrons. The summed E-state index contributed by atoms with van der Waals surface area (Å²) in [5, 5.41) is 11.4. The molecule has 0 heterocycles. The molecule has 0 spiro atoms. The zero-order valence-corrected chi connectivity index (χ0v) is 12.2. The second-order valence-electron chi connectivity index (χ2n) is 5.86. The predicted octanol–water partition coefficient (Wildman–Crippen LogP) is 1.78. The van der Waals surface area contributed by atoms with Gasteiger partial charge in [-0.05, 0) is 40.5 Å². The number of hydrogen-bond donors (Lipinski definition) is 3. The van der Waals surface area contributed by atoms with Crippen molar-refractivity contribution in [1.29, 1.82) is 0 Å². The fraction of sp³-hybridized carbons (Fsp3) is 0.750. The Hall–Kier alpha value is -0.720. The summed E-state index contributed by atoms with van der Waals surface area (Å²) in [5.74, 6) is 0. The molecule has 0 bridgehead atoms. The second kappa shape index (κ2) is 5.11. The van der Waals surface area contributed by atoms with Crippen molar-refractivity contribution in [3.05, 3.63) is 12.2 Å². The van der Waals surface area contributed by atoms with Gasteiger partial charge in [-0.3, -0.25) is 0 Å². The third kappa shape index (κ3) is 3.63. The van der Waals surface area contributed by atoms with Gasteiger partial charge < -0.3 is 15.0 Å². The Morgan fingerprint density at radius 2 is 2.00 bits per heavy atom. The minimum Gasteiger partial charge on any atom is -0.598 e. The van der Waals surface area contributed by atoms with E-state index in [2.05, 4.69) is 16.6 Å². The molecule has 1 aliphatic rings. The Morgan fingerprint density at radius 1 is 1.50 bits per heavy atom. The quantitative estimate of drug-likeness (QED) is 0.527. The monoisotopic (exact) mass is 274 g/mol. The summed E-state index contributed by atoms with van der Waals surface area (Å²) < 4.78 is 14.7. The molecule has 1 amide bonds. The van der Waals surface area contributed by atoms with Crippen LogP contribution in [0.25, 0.3) is 0 Å². The van der Waals surface area contributed by atoms with Gasteiger partial charge in [0.25, 0.3) is 0 Å². The van der Waals surface area contributed by atoms with Crippen LogP contribution in [0.4, 0.5) is 4.79 Å². The van der Waals surface area contributed by atoms with Crippen molar-refractivity contribution in [2.45, 2.75) is 56.9 Å². The SMILES string of the molecule is C=C(C)[C@H](N[S@+]([O-])C(C)(C)C)C1(NC(=O)O)CC1. The van der Waals surface area contributed by atoms with Crippen LogP contribution in [0.3, 0.4) is 0 Å². The van der Waals surface area contributed by atoms with E-state index in [1.165, 1.54) is 0 Å². The van der Waals surface area contributed by atoms with E-state index in [0.717, 1.165) is 18.4 Å². The van der Waals surface area contributed by atoms with Crippen LogP contribution in [-0.4, -0.2) is 32.1 Å². The molecule has 0 saturated heterocycles. The minimum atomic E-state index is -1.25. The van der Waals surface area contributed by atoms with Gasteiger partial charge in [-0.1, -0.05) is 12.2 Å². The number of nitrogens with one attached hydrogen (secondary N) is 2. The molecule has 0 unspecified atom stereocenters. The van der Waals surface area contributed by atoms with E-state index in [4.69, 9.17) is 5.11 Å². The molecule has 1 saturated carbocycles. The van der Waals surface area contributed by atoms with Crippen LogP contribution in [0, 0.1) is 0 Å². The average molecular weight is 274 g/mol. The standard InChI is InChI=1S/C12H22N2O3S/c1-8(2)9(14-18(17)11(3,4)5)12(6-7-12)13-10(15)16/h9,13-14H,1,6-7H2,2-5H3,(H,15,16)/t9-,18+/m0/s1. The lowest BCUT2D eigenvalue weighted by atomic mass is 10.0. The van der Waals surface area contributed by atoms with E-state index in [0.29, 0.717) is 0 Å². The smallest absolute Gasteiger partial charge is 0.405 e. The first-order valence-corrected chi connectivity index (χ1v) is 7.08. The molecule has 18 heavy (non-hydrogen) atoms. The normalized spacial score (nSPS) is 20.9. The van der Waals surface area contributed by atoms with Crippen LogP contribution < -0.4 is 10.0 Å². The average Bonchev–Trinajstić information content (AvgIpc) is 2.91. The van der Waals surface area contributed by atoms with E-state index < -0.39 is 27.7 Å². The first-order chi connectivity index (χ1) is 8.08. The lowest BCUT2D eigenvalue weighted by Gasteiger charge is -2.32. The zero-order chi connectivity index (χ0) is 14.1. The van der Waals surface area contributed by atoms with Crippen LogP contribution in [0.1, 0.15) is 40.5 Å². The van der Waals surface area contributed by atoms with Gasteiger partial charge in [0.2, 0.25) is 0 Å². The maximum atomic E-state index is 12.1. The predicted molar refractivity (Wildman–Crippen MR) is 72.8 cm³/mol. The molecule has 0 aliphatic heterocycles. The van der Waals surface area contributed by atoms with Crippen molar-refractivity contribution in [3.8, 4) is 0 Å². The molecule has 6 heteroatoms. The largest absolute Gasteiger partial charge is 0.598 e. The van der Waals surface area contributed by atoms with Crippen molar-refractivity contribution >= 4 is 17.5 Å². The fourth-order valence-corrected chi connectivity index (χ4v) is 2.80. The summed E-state index contributed by atoms with van der Waals surface area (Å²) in [4.78, 5) is 10.8. The highest BCUT2D eigenvalue weighted by Crippen LogP contribution is 2.41. The molecule has 1 rings (SSSR count). The highest BCUT2D eigenvalue weighted by Gasteiger charge is 2.53. The summed E-state index contributed by atoms with van der Waals surface area (Å²) in [6, 6.07) is -0.298. The van der Waals surface area contributed by atoms with Crippen LogP contribution in [0.2, 0.25) is 0 Å². The molecule has 5 nitrogen and oxygen atoms in total. The number of carbonyl (C=O) groups is 1. The summed E-state index contributed by atoms with van der Waals surface area (Å²) in [6.45, 7) is 11.3. The Morgan fingerprint density at radius 3 is 2.28 bits per heavy atom. The lowest BCUT2D eigenvalue weighted by Crippen LogP contribution is -2.56. The molecule has 0 radical (unpaired) electrons. The molecule has 0 aromatic rings. The van der Waals surface area contributed by atoms with Gasteiger partial charge in [0.05, 0.1) is 11.6 Å². The van der Waals surface area contributed by atoms with Crippen molar-refractivity contribution in [1.82, 2.24) is 10.0 Å². The Labute approximate surface area is 111 Å². The molecule has 0 aromatic heterocycles. The van der Waals surface area contributed by atoms with Gasteiger partial charge >= 0.3 is 6.09 Å². The van der Waals surface area contributed by atoms with E-state index >= 15 is 0 Å². The molecular weight excluding hydrogens is 252 g/mol. The maximum Gasteiger partial charge on any atom is 0.405 e. The Kier molecular flexibility index (Phi) is 4.35. The highest BCUT2D eigenvalue weighted by atomic mass is 32.2. The van der Waals surface area contributed by atoms with Crippen molar-refractivity contribution in [2.24, 2.45) is 0 Å². The third-order valence-electron chi connectivity index (χ3n) is 2.97. The van der Waals surface area contributed by atoms with E-state index in [9.17, 15) is 9.35 Å². The summed E-state index contributed by atoms with van der Waals surface area (Å²) in [7, 11) is 0. The van der Waals surface area contributed by atoms with Crippen LogP contribution in [0.5, 0.6) is 0 Å². The van der Waals surface area contributed by atoms with Gasteiger partial charge in [-0.25, -0.2) is 4.79 Å². The number of hydrogen-bond acceptors (Lipinski definition) is 3. The first kappa shape index (κ1) is 15.3. The van der Waals surface area contributed by atoms with E-state index in [1.54, 1.807) is 0 Å². The van der Waals surface area contributed by atoms with Crippen LogP contribution >= 0.6 is 0 Å². The van der Waals surface area contributed by atoms with Gasteiger partial charge in [0, 0.05) is 11.4 Å². The molecule has 2 atom stereocenters. The lowest BCUT2D eigenvalue weighted by molar-refractivity contribution is 0.186. The fourth-order valence-electron chi connectivity index (χ4n) is 1.80. The molecular formula is C12H22N2O3S.